The van der Waals surface area contributed by atoms with Gasteiger partial charge in [-0.3, -0.25) is 4.79 Å². The number of carbonyl (C=O) groups excluding carboxylic acids is 1. The van der Waals surface area contributed by atoms with Crippen LogP contribution in [0.5, 0.6) is 0 Å². The molecule has 1 aliphatic carbocycles. The smallest absolute Gasteiger partial charge is 0.224 e. The number of rotatable bonds is 7. The molecule has 0 spiro atoms. The lowest BCUT2D eigenvalue weighted by Gasteiger charge is -2.34. The predicted octanol–water partition coefficient (Wildman–Crippen LogP) is 2.35. The molecular weight excluding hydrogens is 250 g/mol. The number of benzene rings is 1. The molecular formula is C16H25N3O. The highest BCUT2D eigenvalue weighted by atomic mass is 16.1. The van der Waals surface area contributed by atoms with E-state index in [0.29, 0.717) is 13.0 Å². The van der Waals surface area contributed by atoms with E-state index in [-0.39, 0.29) is 5.91 Å². The highest BCUT2D eigenvalue weighted by Gasteiger charge is 2.21. The summed E-state index contributed by atoms with van der Waals surface area (Å²) in [7, 11) is 2.16. The maximum atomic E-state index is 11.8. The van der Waals surface area contributed by atoms with Crippen molar-refractivity contribution < 1.29 is 4.79 Å². The molecule has 0 bridgehead atoms. The first kappa shape index (κ1) is 15.0. The third-order valence-corrected chi connectivity index (χ3v) is 4.09. The van der Waals surface area contributed by atoms with Crippen LogP contribution in [0.2, 0.25) is 0 Å². The fourth-order valence-corrected chi connectivity index (χ4v) is 2.45. The van der Waals surface area contributed by atoms with Gasteiger partial charge in [-0.2, -0.15) is 0 Å². The van der Waals surface area contributed by atoms with Crippen LogP contribution in [0.15, 0.2) is 24.3 Å². The van der Waals surface area contributed by atoms with Crippen LogP contribution in [-0.2, 0) is 11.3 Å². The second kappa shape index (κ2) is 7.41. The van der Waals surface area contributed by atoms with Crippen molar-refractivity contribution in [2.75, 3.05) is 18.9 Å². The van der Waals surface area contributed by atoms with Crippen LogP contribution in [0.25, 0.3) is 0 Å². The Balaban J connectivity index is 1.66. The molecule has 1 aliphatic rings. The quantitative estimate of drug-likeness (QED) is 0.803. The Kier molecular flexibility index (Phi) is 5.56. The maximum absolute atomic E-state index is 11.8. The molecule has 0 radical (unpaired) electrons. The van der Waals surface area contributed by atoms with Gasteiger partial charge in [0, 0.05) is 24.7 Å². The van der Waals surface area contributed by atoms with E-state index < -0.39 is 0 Å². The van der Waals surface area contributed by atoms with E-state index in [1.165, 1.54) is 19.3 Å². The number of nitrogens with one attached hydrogen (secondary N) is 1. The molecule has 0 atom stereocenters. The summed E-state index contributed by atoms with van der Waals surface area (Å²) in [5.41, 5.74) is 7.46. The Hall–Kier alpha value is -1.39. The molecule has 0 saturated heterocycles. The van der Waals surface area contributed by atoms with E-state index in [4.69, 9.17) is 5.73 Å². The first-order valence-corrected chi connectivity index (χ1v) is 7.48. The van der Waals surface area contributed by atoms with Crippen molar-refractivity contribution in [3.05, 3.63) is 29.8 Å². The van der Waals surface area contributed by atoms with Crippen molar-refractivity contribution >= 4 is 11.6 Å². The molecule has 4 heteroatoms. The lowest BCUT2D eigenvalue weighted by atomic mass is 9.92. The van der Waals surface area contributed by atoms with Gasteiger partial charge in [-0.25, -0.2) is 0 Å². The lowest BCUT2D eigenvalue weighted by molar-refractivity contribution is -0.116. The average molecular weight is 275 g/mol. The fraction of sp³-hybridized carbons (Fsp3) is 0.562. The second-order valence-corrected chi connectivity index (χ2v) is 5.62. The summed E-state index contributed by atoms with van der Waals surface area (Å²) in [5.74, 6) is 0.0903. The third kappa shape index (κ3) is 4.32. The third-order valence-electron chi connectivity index (χ3n) is 4.09. The van der Waals surface area contributed by atoms with E-state index >= 15 is 0 Å². The Morgan fingerprint density at radius 1 is 1.35 bits per heavy atom. The van der Waals surface area contributed by atoms with Gasteiger partial charge in [-0.15, -0.1) is 0 Å². The Morgan fingerprint density at radius 3 is 2.60 bits per heavy atom. The summed E-state index contributed by atoms with van der Waals surface area (Å²) in [4.78, 5) is 14.2. The number of carbonyl (C=O) groups is 1. The molecule has 0 aliphatic heterocycles. The van der Waals surface area contributed by atoms with Crippen LogP contribution in [0, 0.1) is 0 Å². The molecule has 0 unspecified atom stereocenters. The van der Waals surface area contributed by atoms with E-state index in [1.54, 1.807) is 0 Å². The topological polar surface area (TPSA) is 58.4 Å². The van der Waals surface area contributed by atoms with E-state index in [9.17, 15) is 4.79 Å². The van der Waals surface area contributed by atoms with Crippen molar-refractivity contribution in [3.8, 4) is 0 Å². The highest BCUT2D eigenvalue weighted by molar-refractivity contribution is 5.90. The molecule has 1 amide bonds. The number of amides is 1. The first-order valence-electron chi connectivity index (χ1n) is 7.48. The number of nitrogens with two attached hydrogens (primary N) is 1. The van der Waals surface area contributed by atoms with Gasteiger partial charge >= 0.3 is 0 Å². The molecule has 3 N–H and O–H groups in total. The zero-order valence-corrected chi connectivity index (χ0v) is 12.3. The summed E-state index contributed by atoms with van der Waals surface area (Å²) in [6.45, 7) is 1.53. The van der Waals surface area contributed by atoms with Crippen molar-refractivity contribution in [3.63, 3.8) is 0 Å². The number of hydrogen-bond acceptors (Lipinski definition) is 3. The number of hydrogen-bond donors (Lipinski definition) is 2. The lowest BCUT2D eigenvalue weighted by Crippen LogP contribution is -2.37. The van der Waals surface area contributed by atoms with Crippen molar-refractivity contribution in [1.29, 1.82) is 0 Å². The van der Waals surface area contributed by atoms with Gasteiger partial charge < -0.3 is 16.0 Å². The molecule has 0 aromatic heterocycles. The first-order chi connectivity index (χ1) is 9.69. The predicted molar refractivity (Wildman–Crippen MR) is 82.5 cm³/mol. The van der Waals surface area contributed by atoms with Crippen LogP contribution >= 0.6 is 0 Å². The van der Waals surface area contributed by atoms with Gasteiger partial charge in [0.05, 0.1) is 0 Å². The Morgan fingerprint density at radius 2 is 2.05 bits per heavy atom. The SMILES string of the molecule is CN(CCCC(=O)Nc1ccc(CN)cc1)C1CCC1. The zero-order valence-electron chi connectivity index (χ0n) is 12.3. The van der Waals surface area contributed by atoms with Crippen LogP contribution in [0.4, 0.5) is 5.69 Å². The Labute approximate surface area is 121 Å². The fourth-order valence-electron chi connectivity index (χ4n) is 2.45. The summed E-state index contributed by atoms with van der Waals surface area (Å²) in [6, 6.07) is 8.45. The minimum absolute atomic E-state index is 0.0903. The summed E-state index contributed by atoms with van der Waals surface area (Å²) >= 11 is 0. The highest BCUT2D eigenvalue weighted by Crippen LogP contribution is 2.23. The molecule has 4 nitrogen and oxygen atoms in total. The maximum Gasteiger partial charge on any atom is 0.224 e. The normalized spacial score (nSPS) is 15.2. The number of anilines is 1. The summed E-state index contributed by atoms with van der Waals surface area (Å²) < 4.78 is 0. The molecule has 1 fully saturated rings. The molecule has 2 rings (SSSR count). The Bertz CT molecular complexity index is 426. The number of nitrogens with zero attached hydrogens (tertiary/aromatic N) is 1. The van der Waals surface area contributed by atoms with Gasteiger partial charge in [0.1, 0.15) is 0 Å². The average Bonchev–Trinajstić information content (AvgIpc) is 2.37. The summed E-state index contributed by atoms with van der Waals surface area (Å²) in [6.07, 6.45) is 5.48. The molecule has 110 valence electrons. The molecule has 0 heterocycles. The van der Waals surface area contributed by atoms with Gasteiger partial charge in [-0.1, -0.05) is 18.6 Å². The van der Waals surface area contributed by atoms with E-state index in [0.717, 1.165) is 30.3 Å². The van der Waals surface area contributed by atoms with Crippen LogP contribution in [-0.4, -0.2) is 30.4 Å². The van der Waals surface area contributed by atoms with E-state index in [1.807, 2.05) is 24.3 Å². The van der Waals surface area contributed by atoms with Crippen molar-refractivity contribution in [1.82, 2.24) is 4.90 Å². The van der Waals surface area contributed by atoms with Crippen LogP contribution in [0.1, 0.15) is 37.7 Å². The zero-order chi connectivity index (χ0) is 14.4. The second-order valence-electron chi connectivity index (χ2n) is 5.62. The van der Waals surface area contributed by atoms with Gasteiger partial charge in [0.15, 0.2) is 0 Å². The van der Waals surface area contributed by atoms with Crippen LogP contribution < -0.4 is 11.1 Å². The summed E-state index contributed by atoms with van der Waals surface area (Å²) in [5, 5.41) is 2.93. The largest absolute Gasteiger partial charge is 0.326 e. The van der Waals surface area contributed by atoms with Gasteiger partial charge in [-0.05, 0) is 50.6 Å². The minimum Gasteiger partial charge on any atom is -0.326 e. The van der Waals surface area contributed by atoms with Gasteiger partial charge in [0.25, 0.3) is 0 Å². The van der Waals surface area contributed by atoms with Gasteiger partial charge in [0.2, 0.25) is 5.91 Å². The standard InChI is InChI=1S/C16H25N3O/c1-19(15-4-2-5-15)11-3-6-16(20)18-14-9-7-13(12-17)8-10-14/h7-10,15H,2-6,11-12,17H2,1H3,(H,18,20). The van der Waals surface area contributed by atoms with Crippen molar-refractivity contribution in [2.24, 2.45) is 5.73 Å². The van der Waals surface area contributed by atoms with E-state index in [2.05, 4.69) is 17.3 Å². The minimum atomic E-state index is 0.0903. The molecule has 20 heavy (non-hydrogen) atoms. The van der Waals surface area contributed by atoms with Crippen LogP contribution in [0.3, 0.4) is 0 Å². The molecule has 1 aromatic carbocycles. The molecule has 1 saturated carbocycles. The monoisotopic (exact) mass is 275 g/mol. The molecule has 1 aromatic rings. The van der Waals surface area contributed by atoms with Crippen molar-refractivity contribution in [2.45, 2.75) is 44.7 Å².